The van der Waals surface area contributed by atoms with Crippen molar-refractivity contribution in [1.29, 1.82) is 0 Å². The van der Waals surface area contributed by atoms with Crippen molar-refractivity contribution in [3.05, 3.63) is 12.2 Å². The molecule has 104 valence electrons. The van der Waals surface area contributed by atoms with Crippen molar-refractivity contribution in [3.8, 4) is 0 Å². The Hall–Kier alpha value is -0.790. The molecule has 0 N–H and O–H groups in total. The summed E-state index contributed by atoms with van der Waals surface area (Å²) in [5, 5.41) is 0. The molecule has 0 spiro atoms. The van der Waals surface area contributed by atoms with Gasteiger partial charge in [0.05, 0.1) is 6.61 Å². The predicted octanol–water partition coefficient (Wildman–Crippen LogP) is 4.49. The van der Waals surface area contributed by atoms with Crippen LogP contribution in [0.1, 0.15) is 65.2 Å². The summed E-state index contributed by atoms with van der Waals surface area (Å²) in [7, 11) is 0. The van der Waals surface area contributed by atoms with Gasteiger partial charge in [0.1, 0.15) is 0 Å². The summed E-state index contributed by atoms with van der Waals surface area (Å²) in [5.41, 5.74) is 0.500. The van der Waals surface area contributed by atoms with Crippen LogP contribution in [0.5, 0.6) is 0 Å². The first-order valence-electron chi connectivity index (χ1n) is 7.46. The third kappa shape index (κ3) is 5.70. The number of hydrogen-bond acceptors (Lipinski definition) is 2. The van der Waals surface area contributed by atoms with Crippen LogP contribution in [-0.4, -0.2) is 12.6 Å². The summed E-state index contributed by atoms with van der Waals surface area (Å²) in [5.74, 6) is 1.44. The Balaban J connectivity index is 2.17. The van der Waals surface area contributed by atoms with Crippen molar-refractivity contribution in [2.24, 2.45) is 11.8 Å². The fourth-order valence-corrected chi connectivity index (χ4v) is 2.86. The highest BCUT2D eigenvalue weighted by Crippen LogP contribution is 2.33. The Kier molecular flexibility index (Phi) is 7.07. The first kappa shape index (κ1) is 15.3. The summed E-state index contributed by atoms with van der Waals surface area (Å²) in [6, 6.07) is 0. The summed E-state index contributed by atoms with van der Waals surface area (Å²) in [6.07, 6.45) is 10.5. The number of carbonyl (C=O) groups is 1. The molecule has 0 aromatic carbocycles. The van der Waals surface area contributed by atoms with E-state index in [2.05, 4.69) is 13.5 Å². The molecule has 18 heavy (non-hydrogen) atoms. The van der Waals surface area contributed by atoms with Crippen LogP contribution in [0.4, 0.5) is 0 Å². The zero-order valence-corrected chi connectivity index (χ0v) is 12.0. The van der Waals surface area contributed by atoms with Crippen LogP contribution < -0.4 is 0 Å². The quantitative estimate of drug-likeness (QED) is 0.493. The van der Waals surface area contributed by atoms with Gasteiger partial charge in [0, 0.05) is 5.57 Å². The van der Waals surface area contributed by atoms with Crippen LogP contribution in [0.25, 0.3) is 0 Å². The lowest BCUT2D eigenvalue weighted by molar-refractivity contribution is -0.139. The first-order valence-corrected chi connectivity index (χ1v) is 7.46. The summed E-state index contributed by atoms with van der Waals surface area (Å²) in [6.45, 7) is 8.12. The summed E-state index contributed by atoms with van der Waals surface area (Å²) < 4.78 is 5.18. The fraction of sp³-hybridized carbons (Fsp3) is 0.812. The monoisotopic (exact) mass is 252 g/mol. The number of hydrogen-bond donors (Lipinski definition) is 0. The Morgan fingerprint density at radius 2 is 1.94 bits per heavy atom. The van der Waals surface area contributed by atoms with E-state index in [-0.39, 0.29) is 5.97 Å². The number of esters is 1. The molecule has 0 aliphatic heterocycles. The molecule has 0 aromatic rings. The highest BCUT2D eigenvalue weighted by Gasteiger charge is 2.21. The van der Waals surface area contributed by atoms with Crippen LogP contribution >= 0.6 is 0 Å². The molecule has 1 saturated carbocycles. The summed E-state index contributed by atoms with van der Waals surface area (Å²) in [4.78, 5) is 11.3. The maximum absolute atomic E-state index is 11.3. The molecule has 1 fully saturated rings. The van der Waals surface area contributed by atoms with Gasteiger partial charge in [-0.05, 0) is 31.6 Å². The molecule has 2 heteroatoms. The van der Waals surface area contributed by atoms with Crippen LogP contribution in [0, 0.1) is 11.8 Å². The van der Waals surface area contributed by atoms with Crippen molar-refractivity contribution in [1.82, 2.24) is 0 Å². The number of carbonyl (C=O) groups excluding carboxylic acids is 1. The average Bonchev–Trinajstić information content (AvgIpc) is 2.36. The van der Waals surface area contributed by atoms with Crippen molar-refractivity contribution in [2.75, 3.05) is 6.61 Å². The minimum Gasteiger partial charge on any atom is -0.462 e. The highest BCUT2D eigenvalue weighted by molar-refractivity contribution is 5.86. The van der Waals surface area contributed by atoms with Gasteiger partial charge in [-0.1, -0.05) is 52.0 Å². The molecule has 0 aromatic heterocycles. The van der Waals surface area contributed by atoms with Gasteiger partial charge in [-0.3, -0.25) is 0 Å². The molecule has 1 aliphatic carbocycles. The molecule has 2 atom stereocenters. The van der Waals surface area contributed by atoms with E-state index in [9.17, 15) is 4.79 Å². The topological polar surface area (TPSA) is 26.3 Å². The Labute approximate surface area is 112 Å². The van der Waals surface area contributed by atoms with Crippen molar-refractivity contribution < 1.29 is 9.53 Å². The number of rotatable bonds is 7. The molecule has 0 bridgehead atoms. The maximum Gasteiger partial charge on any atom is 0.333 e. The fourth-order valence-electron chi connectivity index (χ4n) is 2.86. The normalized spacial score (nSPS) is 23.7. The van der Waals surface area contributed by atoms with Crippen LogP contribution in [0.3, 0.4) is 0 Å². The predicted molar refractivity (Wildman–Crippen MR) is 75.4 cm³/mol. The number of ether oxygens (including phenoxy) is 1. The maximum atomic E-state index is 11.3. The Morgan fingerprint density at radius 1 is 1.28 bits per heavy atom. The molecule has 0 radical (unpaired) electrons. The van der Waals surface area contributed by atoms with Gasteiger partial charge < -0.3 is 4.74 Å². The van der Waals surface area contributed by atoms with Crippen molar-refractivity contribution in [2.45, 2.75) is 65.2 Å². The Bertz CT molecular complexity index is 270. The third-order valence-corrected chi connectivity index (χ3v) is 3.97. The molecular formula is C16H28O2. The minimum atomic E-state index is -0.242. The van der Waals surface area contributed by atoms with E-state index < -0.39 is 0 Å². The van der Waals surface area contributed by atoms with E-state index in [1.807, 2.05) is 0 Å². The molecule has 1 rings (SSSR count). The van der Waals surface area contributed by atoms with Gasteiger partial charge in [0.25, 0.3) is 0 Å². The standard InChI is InChI=1S/C16H28O2/c1-4-5-7-14-8-6-9-15(12-14)10-11-18-16(17)13(2)3/h14-15H,2,4-12H2,1,3H3. The molecular weight excluding hydrogens is 224 g/mol. The lowest BCUT2D eigenvalue weighted by Crippen LogP contribution is -2.18. The molecule has 2 nitrogen and oxygen atoms in total. The zero-order chi connectivity index (χ0) is 13.4. The van der Waals surface area contributed by atoms with Gasteiger partial charge in [0.15, 0.2) is 0 Å². The van der Waals surface area contributed by atoms with E-state index in [0.717, 1.165) is 18.3 Å². The molecule has 2 unspecified atom stereocenters. The largest absolute Gasteiger partial charge is 0.462 e. The molecule has 0 saturated heterocycles. The van der Waals surface area contributed by atoms with Crippen LogP contribution in [-0.2, 0) is 9.53 Å². The van der Waals surface area contributed by atoms with Gasteiger partial charge in [-0.2, -0.15) is 0 Å². The van der Waals surface area contributed by atoms with E-state index in [1.165, 1.54) is 44.9 Å². The zero-order valence-electron chi connectivity index (χ0n) is 12.0. The van der Waals surface area contributed by atoms with Crippen molar-refractivity contribution >= 4 is 5.97 Å². The number of unbranched alkanes of at least 4 members (excludes halogenated alkanes) is 1. The second kappa shape index (κ2) is 8.34. The van der Waals surface area contributed by atoms with Crippen LogP contribution in [0.15, 0.2) is 12.2 Å². The summed E-state index contributed by atoms with van der Waals surface area (Å²) >= 11 is 0. The SMILES string of the molecule is C=C(C)C(=O)OCCC1CCCC(CCCC)C1. The van der Waals surface area contributed by atoms with E-state index >= 15 is 0 Å². The average molecular weight is 252 g/mol. The highest BCUT2D eigenvalue weighted by atomic mass is 16.5. The van der Waals surface area contributed by atoms with Crippen molar-refractivity contribution in [3.63, 3.8) is 0 Å². The second-order valence-electron chi connectivity index (χ2n) is 5.75. The van der Waals surface area contributed by atoms with Gasteiger partial charge in [0.2, 0.25) is 0 Å². The first-order chi connectivity index (χ1) is 8.63. The lowest BCUT2D eigenvalue weighted by Gasteiger charge is -2.29. The van der Waals surface area contributed by atoms with Gasteiger partial charge in [-0.25, -0.2) is 4.79 Å². The molecule has 0 amide bonds. The van der Waals surface area contributed by atoms with E-state index in [0.29, 0.717) is 12.2 Å². The van der Waals surface area contributed by atoms with Gasteiger partial charge in [-0.15, -0.1) is 0 Å². The molecule has 1 aliphatic rings. The Morgan fingerprint density at radius 3 is 2.56 bits per heavy atom. The third-order valence-electron chi connectivity index (χ3n) is 3.97. The van der Waals surface area contributed by atoms with E-state index in [4.69, 9.17) is 4.74 Å². The van der Waals surface area contributed by atoms with Gasteiger partial charge >= 0.3 is 5.97 Å². The smallest absolute Gasteiger partial charge is 0.333 e. The minimum absolute atomic E-state index is 0.242. The lowest BCUT2D eigenvalue weighted by atomic mass is 9.78. The second-order valence-corrected chi connectivity index (χ2v) is 5.75. The molecule has 0 heterocycles. The van der Waals surface area contributed by atoms with Crippen LogP contribution in [0.2, 0.25) is 0 Å². The van der Waals surface area contributed by atoms with E-state index in [1.54, 1.807) is 6.92 Å².